The van der Waals surface area contributed by atoms with Gasteiger partial charge in [0.1, 0.15) is 6.07 Å². The van der Waals surface area contributed by atoms with Crippen molar-refractivity contribution in [2.24, 2.45) is 5.92 Å². The Balaban J connectivity index is 2.06. The second kappa shape index (κ2) is 4.54. The number of nitrogens with zero attached hydrogens (tertiary/aromatic N) is 3. The molecular weight excluding hydrogens is 204 g/mol. The van der Waals surface area contributed by atoms with Crippen molar-refractivity contribution in [1.82, 2.24) is 9.78 Å². The summed E-state index contributed by atoms with van der Waals surface area (Å²) in [6, 6.07) is 2.30. The highest BCUT2D eigenvalue weighted by Crippen LogP contribution is 2.32. The Bertz CT molecular complexity index is 399. The van der Waals surface area contributed by atoms with Crippen LogP contribution in [0.4, 0.5) is 5.69 Å². The van der Waals surface area contributed by atoms with Crippen LogP contribution in [0.1, 0.15) is 37.4 Å². The van der Waals surface area contributed by atoms with Crippen molar-refractivity contribution in [1.29, 1.82) is 5.26 Å². The Morgan fingerprint density at radius 2 is 2.19 bits per heavy atom. The largest absolute Gasteiger partial charge is 0.396 e. The Morgan fingerprint density at radius 1 is 1.50 bits per heavy atom. The third-order valence-corrected chi connectivity index (χ3v) is 3.31. The van der Waals surface area contributed by atoms with Gasteiger partial charge in [0, 0.05) is 12.8 Å². The first kappa shape index (κ1) is 11.0. The molecule has 1 heterocycles. The molecule has 5 heteroatoms. The minimum Gasteiger partial charge on any atom is -0.396 e. The molecule has 86 valence electrons. The first-order valence-corrected chi connectivity index (χ1v) is 5.60. The smallest absolute Gasteiger partial charge is 0.185 e. The number of nitrogen functional groups attached to an aromatic ring is 1. The maximum Gasteiger partial charge on any atom is 0.185 e. The first-order valence-electron chi connectivity index (χ1n) is 5.60. The van der Waals surface area contributed by atoms with Gasteiger partial charge in [-0.15, -0.1) is 0 Å². The van der Waals surface area contributed by atoms with E-state index in [-0.39, 0.29) is 6.61 Å². The molecule has 0 saturated heterocycles. The van der Waals surface area contributed by atoms with Crippen LogP contribution in [0.25, 0.3) is 0 Å². The normalized spacial score (nSPS) is 25.2. The molecule has 0 bridgehead atoms. The molecule has 1 aromatic heterocycles. The van der Waals surface area contributed by atoms with Gasteiger partial charge in [0.15, 0.2) is 5.69 Å². The van der Waals surface area contributed by atoms with Gasteiger partial charge in [-0.2, -0.15) is 10.4 Å². The summed E-state index contributed by atoms with van der Waals surface area (Å²) in [6.45, 7) is 0.275. The lowest BCUT2D eigenvalue weighted by Crippen LogP contribution is -2.20. The van der Waals surface area contributed by atoms with Gasteiger partial charge in [0.05, 0.1) is 11.7 Å². The minimum absolute atomic E-state index is 0.275. The predicted molar refractivity (Wildman–Crippen MR) is 59.4 cm³/mol. The Hall–Kier alpha value is -1.54. The molecule has 1 aliphatic rings. The van der Waals surface area contributed by atoms with Gasteiger partial charge in [0.2, 0.25) is 0 Å². The Kier molecular flexibility index (Phi) is 3.11. The number of rotatable bonds is 2. The van der Waals surface area contributed by atoms with Crippen LogP contribution in [0.5, 0.6) is 0 Å². The molecule has 0 atom stereocenters. The first-order chi connectivity index (χ1) is 7.74. The number of aliphatic hydroxyl groups is 1. The van der Waals surface area contributed by atoms with Gasteiger partial charge in [-0.3, -0.25) is 4.68 Å². The summed E-state index contributed by atoms with van der Waals surface area (Å²) >= 11 is 0. The van der Waals surface area contributed by atoms with E-state index >= 15 is 0 Å². The van der Waals surface area contributed by atoms with Crippen molar-refractivity contribution in [3.05, 3.63) is 11.9 Å². The highest BCUT2D eigenvalue weighted by Gasteiger charge is 2.23. The highest BCUT2D eigenvalue weighted by molar-refractivity contribution is 5.47. The monoisotopic (exact) mass is 220 g/mol. The maximum atomic E-state index is 9.05. The number of nitrogens with two attached hydrogens (primary N) is 1. The van der Waals surface area contributed by atoms with E-state index in [1.807, 2.05) is 10.8 Å². The zero-order chi connectivity index (χ0) is 11.5. The molecule has 2 rings (SSSR count). The predicted octanol–water partition coefficient (Wildman–Crippen LogP) is 1.06. The van der Waals surface area contributed by atoms with Gasteiger partial charge >= 0.3 is 0 Å². The molecule has 0 unspecified atom stereocenters. The lowest BCUT2D eigenvalue weighted by atomic mass is 9.87. The number of nitriles is 1. The molecular formula is C11H16N4O. The summed E-state index contributed by atoms with van der Waals surface area (Å²) in [5.41, 5.74) is 6.43. The van der Waals surface area contributed by atoms with Gasteiger partial charge in [0.25, 0.3) is 0 Å². The van der Waals surface area contributed by atoms with Crippen LogP contribution in [-0.4, -0.2) is 21.5 Å². The number of hydrogen-bond donors (Lipinski definition) is 2. The second-order valence-electron chi connectivity index (χ2n) is 4.38. The van der Waals surface area contributed by atoms with Crippen molar-refractivity contribution < 1.29 is 5.11 Å². The van der Waals surface area contributed by atoms with Gasteiger partial charge < -0.3 is 10.8 Å². The Labute approximate surface area is 94.5 Å². The molecule has 1 aromatic rings. The van der Waals surface area contributed by atoms with Gasteiger partial charge in [-0.1, -0.05) is 0 Å². The summed E-state index contributed by atoms with van der Waals surface area (Å²) in [4.78, 5) is 0. The van der Waals surface area contributed by atoms with Crippen LogP contribution in [0.15, 0.2) is 6.20 Å². The Morgan fingerprint density at radius 3 is 2.69 bits per heavy atom. The highest BCUT2D eigenvalue weighted by atomic mass is 16.3. The summed E-state index contributed by atoms with van der Waals surface area (Å²) in [7, 11) is 0. The minimum atomic E-state index is 0.275. The average Bonchev–Trinajstić information content (AvgIpc) is 2.71. The third-order valence-electron chi connectivity index (χ3n) is 3.31. The molecule has 3 N–H and O–H groups in total. The zero-order valence-corrected chi connectivity index (χ0v) is 9.13. The fourth-order valence-corrected chi connectivity index (χ4v) is 2.27. The molecule has 0 radical (unpaired) electrons. The standard InChI is InChI=1S/C11H16N4O/c12-5-11-10(13)6-15(14-11)9-3-1-8(7-16)2-4-9/h6,8-9,16H,1-4,7,13H2. The molecule has 1 fully saturated rings. The number of hydrogen-bond acceptors (Lipinski definition) is 4. The molecule has 16 heavy (non-hydrogen) atoms. The van der Waals surface area contributed by atoms with Crippen LogP contribution in [0, 0.1) is 17.2 Å². The van der Waals surface area contributed by atoms with E-state index in [1.54, 1.807) is 6.20 Å². The number of anilines is 1. The van der Waals surface area contributed by atoms with E-state index in [9.17, 15) is 0 Å². The van der Waals surface area contributed by atoms with E-state index in [0.29, 0.717) is 23.3 Å². The van der Waals surface area contributed by atoms with Gasteiger partial charge in [-0.25, -0.2) is 0 Å². The van der Waals surface area contributed by atoms with E-state index in [1.165, 1.54) is 0 Å². The molecule has 1 aliphatic carbocycles. The molecule has 5 nitrogen and oxygen atoms in total. The van der Waals surface area contributed by atoms with Crippen molar-refractivity contribution in [3.63, 3.8) is 0 Å². The average molecular weight is 220 g/mol. The third kappa shape index (κ3) is 2.02. The van der Waals surface area contributed by atoms with Crippen molar-refractivity contribution in [2.45, 2.75) is 31.7 Å². The second-order valence-corrected chi connectivity index (χ2v) is 4.38. The van der Waals surface area contributed by atoms with E-state index in [0.717, 1.165) is 25.7 Å². The summed E-state index contributed by atoms with van der Waals surface area (Å²) in [5.74, 6) is 0.430. The molecule has 0 aromatic carbocycles. The van der Waals surface area contributed by atoms with E-state index in [4.69, 9.17) is 16.1 Å². The van der Waals surface area contributed by atoms with E-state index < -0.39 is 0 Å². The molecule has 0 aliphatic heterocycles. The lowest BCUT2D eigenvalue weighted by molar-refractivity contribution is 0.165. The quantitative estimate of drug-likeness (QED) is 0.780. The molecule has 0 amide bonds. The summed E-state index contributed by atoms with van der Waals surface area (Å²) < 4.78 is 1.81. The summed E-state index contributed by atoms with van der Waals surface area (Å²) in [5, 5.41) is 22.0. The van der Waals surface area contributed by atoms with Crippen LogP contribution < -0.4 is 5.73 Å². The van der Waals surface area contributed by atoms with Crippen molar-refractivity contribution >= 4 is 5.69 Å². The topological polar surface area (TPSA) is 87.9 Å². The molecule has 0 spiro atoms. The number of aromatic nitrogens is 2. The maximum absolute atomic E-state index is 9.05. The fraction of sp³-hybridized carbons (Fsp3) is 0.636. The van der Waals surface area contributed by atoms with Crippen LogP contribution in [0.3, 0.4) is 0 Å². The van der Waals surface area contributed by atoms with E-state index in [2.05, 4.69) is 5.10 Å². The SMILES string of the molecule is N#Cc1nn(C2CCC(CO)CC2)cc1N. The molecule has 1 saturated carbocycles. The lowest BCUT2D eigenvalue weighted by Gasteiger charge is -2.27. The fourth-order valence-electron chi connectivity index (χ4n) is 2.27. The number of aliphatic hydroxyl groups excluding tert-OH is 1. The van der Waals surface area contributed by atoms with Crippen molar-refractivity contribution in [3.8, 4) is 6.07 Å². The van der Waals surface area contributed by atoms with Gasteiger partial charge in [-0.05, 0) is 31.6 Å². The van der Waals surface area contributed by atoms with Crippen LogP contribution >= 0.6 is 0 Å². The summed E-state index contributed by atoms with van der Waals surface area (Å²) in [6.07, 6.45) is 5.77. The zero-order valence-electron chi connectivity index (χ0n) is 9.13. The van der Waals surface area contributed by atoms with Crippen LogP contribution in [0.2, 0.25) is 0 Å². The van der Waals surface area contributed by atoms with Crippen LogP contribution in [-0.2, 0) is 0 Å². The van der Waals surface area contributed by atoms with Crippen molar-refractivity contribution in [2.75, 3.05) is 12.3 Å².